The van der Waals surface area contributed by atoms with Gasteiger partial charge < -0.3 is 4.74 Å². The Kier molecular flexibility index (Phi) is 5.87. The molecule has 1 heterocycles. The van der Waals surface area contributed by atoms with Crippen molar-refractivity contribution in [2.24, 2.45) is 0 Å². The van der Waals surface area contributed by atoms with Crippen molar-refractivity contribution >= 4 is 27.7 Å². The number of hydrazine groups is 1. The summed E-state index contributed by atoms with van der Waals surface area (Å²) in [5.74, 6) is -0.446. The second kappa shape index (κ2) is 8.50. The van der Waals surface area contributed by atoms with Gasteiger partial charge in [0.15, 0.2) is 6.10 Å². The zero-order valence-corrected chi connectivity index (χ0v) is 16.0. The van der Waals surface area contributed by atoms with E-state index in [0.717, 1.165) is 10.0 Å². The average Bonchev–Trinajstić information content (AvgIpc) is 3.17. The van der Waals surface area contributed by atoms with Gasteiger partial charge in [-0.3, -0.25) is 25.5 Å². The van der Waals surface area contributed by atoms with Crippen LogP contribution in [0, 0.1) is 0 Å². The first-order valence-electron chi connectivity index (χ1n) is 8.16. The van der Waals surface area contributed by atoms with Crippen molar-refractivity contribution in [2.45, 2.75) is 13.0 Å². The Hall–Kier alpha value is -3.13. The van der Waals surface area contributed by atoms with Crippen molar-refractivity contribution < 1.29 is 14.3 Å². The van der Waals surface area contributed by atoms with Crippen molar-refractivity contribution in [3.05, 3.63) is 70.8 Å². The summed E-state index contributed by atoms with van der Waals surface area (Å²) in [5.41, 5.74) is 6.44. The monoisotopic (exact) mass is 428 g/mol. The molecule has 1 atom stereocenters. The number of aromatic amines is 1. The summed E-state index contributed by atoms with van der Waals surface area (Å²) in [6, 6.07) is 18.2. The Morgan fingerprint density at radius 1 is 1.07 bits per heavy atom. The SMILES string of the molecule is CC(Oc1cccc(Br)c1)C(=O)NNC(=O)c1cc(-c2ccccc2)n[nH]1. The number of carbonyl (C=O) groups is 2. The molecule has 0 saturated heterocycles. The first-order chi connectivity index (χ1) is 13.0. The fourth-order valence-electron chi connectivity index (χ4n) is 2.28. The standard InChI is InChI=1S/C19H17BrN4O3/c1-12(27-15-9-5-8-14(20)10-15)18(25)23-24-19(26)17-11-16(21-22-17)13-6-3-2-4-7-13/h2-12H,1H3,(H,21,22)(H,23,25)(H,24,26). The van der Waals surface area contributed by atoms with Gasteiger partial charge in [0.05, 0.1) is 5.69 Å². The number of hydrogen-bond donors (Lipinski definition) is 3. The van der Waals surface area contributed by atoms with Gasteiger partial charge in [-0.25, -0.2) is 0 Å². The number of nitrogens with zero attached hydrogens (tertiary/aromatic N) is 1. The predicted octanol–water partition coefficient (Wildman–Crippen LogP) is 3.07. The maximum atomic E-state index is 12.2. The number of hydrogen-bond acceptors (Lipinski definition) is 4. The molecule has 0 aliphatic rings. The summed E-state index contributed by atoms with van der Waals surface area (Å²) in [5, 5.41) is 6.76. The molecule has 2 aromatic carbocycles. The molecule has 0 fully saturated rings. The molecule has 27 heavy (non-hydrogen) atoms. The van der Waals surface area contributed by atoms with Gasteiger partial charge in [0.2, 0.25) is 0 Å². The van der Waals surface area contributed by atoms with E-state index in [1.54, 1.807) is 31.2 Å². The molecule has 2 amide bonds. The Bertz CT molecular complexity index is 943. The van der Waals surface area contributed by atoms with Crippen molar-refractivity contribution in [1.29, 1.82) is 0 Å². The Morgan fingerprint density at radius 3 is 2.59 bits per heavy atom. The second-order valence-corrected chi connectivity index (χ2v) is 6.61. The van der Waals surface area contributed by atoms with Crippen molar-refractivity contribution in [3.63, 3.8) is 0 Å². The summed E-state index contributed by atoms with van der Waals surface area (Å²) < 4.78 is 6.39. The molecular weight excluding hydrogens is 412 g/mol. The lowest BCUT2D eigenvalue weighted by atomic mass is 10.1. The van der Waals surface area contributed by atoms with Crippen molar-refractivity contribution in [2.75, 3.05) is 0 Å². The summed E-state index contributed by atoms with van der Waals surface area (Å²) in [6.45, 7) is 1.59. The van der Waals surface area contributed by atoms with Crippen LogP contribution in [0.1, 0.15) is 17.4 Å². The van der Waals surface area contributed by atoms with Crippen LogP contribution in [0.5, 0.6) is 5.75 Å². The topological polar surface area (TPSA) is 96.1 Å². The third-order valence-electron chi connectivity index (χ3n) is 3.67. The molecule has 3 aromatic rings. The van der Waals surface area contributed by atoms with Crippen LogP contribution in [0.25, 0.3) is 11.3 Å². The van der Waals surface area contributed by atoms with Crippen LogP contribution in [-0.4, -0.2) is 28.1 Å². The highest BCUT2D eigenvalue weighted by atomic mass is 79.9. The molecule has 138 valence electrons. The minimum Gasteiger partial charge on any atom is -0.481 e. The van der Waals surface area contributed by atoms with E-state index in [9.17, 15) is 9.59 Å². The van der Waals surface area contributed by atoms with Gasteiger partial charge in [0.25, 0.3) is 11.8 Å². The maximum Gasteiger partial charge on any atom is 0.287 e. The molecule has 3 rings (SSSR count). The molecule has 1 aromatic heterocycles. The van der Waals surface area contributed by atoms with Gasteiger partial charge in [0, 0.05) is 10.0 Å². The van der Waals surface area contributed by atoms with E-state index in [2.05, 4.69) is 37.0 Å². The number of benzene rings is 2. The van der Waals surface area contributed by atoms with E-state index < -0.39 is 17.9 Å². The highest BCUT2D eigenvalue weighted by Gasteiger charge is 2.17. The number of H-pyrrole nitrogens is 1. The van der Waals surface area contributed by atoms with Gasteiger partial charge in [-0.1, -0.05) is 52.3 Å². The molecule has 0 radical (unpaired) electrons. The van der Waals surface area contributed by atoms with Crippen LogP contribution in [0.15, 0.2) is 65.1 Å². The molecule has 0 aliphatic carbocycles. The molecule has 1 unspecified atom stereocenters. The zero-order valence-electron chi connectivity index (χ0n) is 14.4. The number of carbonyl (C=O) groups excluding carboxylic acids is 2. The molecule has 7 nitrogen and oxygen atoms in total. The molecule has 8 heteroatoms. The highest BCUT2D eigenvalue weighted by molar-refractivity contribution is 9.10. The summed E-state index contributed by atoms with van der Waals surface area (Å²) >= 11 is 3.34. The second-order valence-electron chi connectivity index (χ2n) is 5.69. The van der Waals surface area contributed by atoms with Crippen LogP contribution < -0.4 is 15.6 Å². The molecular formula is C19H17BrN4O3. The first-order valence-corrected chi connectivity index (χ1v) is 8.95. The smallest absolute Gasteiger partial charge is 0.287 e. The van der Waals surface area contributed by atoms with E-state index in [4.69, 9.17) is 4.74 Å². The van der Waals surface area contributed by atoms with Gasteiger partial charge in [0.1, 0.15) is 11.4 Å². The molecule has 0 aliphatic heterocycles. The Labute approximate surface area is 164 Å². The minimum absolute atomic E-state index is 0.231. The van der Waals surface area contributed by atoms with Crippen LogP contribution in [0.2, 0.25) is 0 Å². The fraction of sp³-hybridized carbons (Fsp3) is 0.105. The quantitative estimate of drug-likeness (QED) is 0.544. The van der Waals surface area contributed by atoms with E-state index in [1.165, 1.54) is 0 Å². The third kappa shape index (κ3) is 4.95. The number of rotatable bonds is 5. The number of amides is 2. The lowest BCUT2D eigenvalue weighted by molar-refractivity contribution is -0.128. The van der Waals surface area contributed by atoms with Crippen LogP contribution in [0.4, 0.5) is 0 Å². The number of aromatic nitrogens is 2. The first kappa shape index (κ1) is 18.7. The average molecular weight is 429 g/mol. The predicted molar refractivity (Wildman–Crippen MR) is 104 cm³/mol. The zero-order chi connectivity index (χ0) is 19.2. The van der Waals surface area contributed by atoms with Crippen LogP contribution in [0.3, 0.4) is 0 Å². The molecule has 0 saturated carbocycles. The fourth-order valence-corrected chi connectivity index (χ4v) is 2.66. The number of nitrogens with one attached hydrogen (secondary N) is 3. The lowest BCUT2D eigenvalue weighted by Gasteiger charge is -2.15. The summed E-state index contributed by atoms with van der Waals surface area (Å²) in [6.07, 6.45) is -0.791. The summed E-state index contributed by atoms with van der Waals surface area (Å²) in [4.78, 5) is 24.3. The Morgan fingerprint density at radius 2 is 1.85 bits per heavy atom. The van der Waals surface area contributed by atoms with E-state index >= 15 is 0 Å². The minimum atomic E-state index is -0.791. The molecule has 0 bridgehead atoms. The molecule has 3 N–H and O–H groups in total. The van der Waals surface area contributed by atoms with Crippen LogP contribution >= 0.6 is 15.9 Å². The van der Waals surface area contributed by atoms with Gasteiger partial charge in [-0.15, -0.1) is 0 Å². The summed E-state index contributed by atoms with van der Waals surface area (Å²) in [7, 11) is 0. The van der Waals surface area contributed by atoms with Gasteiger partial charge in [-0.05, 0) is 31.2 Å². The maximum absolute atomic E-state index is 12.2. The van der Waals surface area contributed by atoms with E-state index in [0.29, 0.717) is 11.4 Å². The van der Waals surface area contributed by atoms with E-state index in [-0.39, 0.29) is 5.69 Å². The largest absolute Gasteiger partial charge is 0.481 e. The normalized spacial score (nSPS) is 11.5. The number of ether oxygens (including phenoxy) is 1. The van der Waals surface area contributed by atoms with Crippen molar-refractivity contribution in [3.8, 4) is 17.0 Å². The van der Waals surface area contributed by atoms with Crippen molar-refractivity contribution in [1.82, 2.24) is 21.0 Å². The van der Waals surface area contributed by atoms with Gasteiger partial charge in [-0.2, -0.15) is 5.10 Å². The Balaban J connectivity index is 1.54. The van der Waals surface area contributed by atoms with Crippen LogP contribution in [-0.2, 0) is 4.79 Å². The van der Waals surface area contributed by atoms with E-state index in [1.807, 2.05) is 36.4 Å². The highest BCUT2D eigenvalue weighted by Crippen LogP contribution is 2.19. The molecule has 0 spiro atoms. The number of halogens is 1. The lowest BCUT2D eigenvalue weighted by Crippen LogP contribution is -2.47. The van der Waals surface area contributed by atoms with Gasteiger partial charge >= 0.3 is 0 Å². The third-order valence-corrected chi connectivity index (χ3v) is 4.16.